The van der Waals surface area contributed by atoms with Crippen LogP contribution in [0.3, 0.4) is 0 Å². The van der Waals surface area contributed by atoms with E-state index in [0.717, 1.165) is 24.4 Å². The Hall–Kier alpha value is -4.27. The number of carbonyl (C=O) groups is 1. The number of aromatic carboxylic acids is 1. The number of ether oxygens (including phenoxy) is 2. The van der Waals surface area contributed by atoms with E-state index in [4.69, 9.17) is 9.47 Å². The fraction of sp³-hybridized carbons (Fsp3) is 0.0833. The van der Waals surface area contributed by atoms with Crippen molar-refractivity contribution < 1.29 is 32.5 Å². The first-order valence-electron chi connectivity index (χ1n) is 9.60. The zero-order valence-electron chi connectivity index (χ0n) is 17.1. The number of carboxylic acid groups (broad SMARTS) is 1. The zero-order valence-corrected chi connectivity index (χ0v) is 17.1. The summed E-state index contributed by atoms with van der Waals surface area (Å²) in [6.07, 6.45) is -3.65. The van der Waals surface area contributed by atoms with E-state index in [-0.39, 0.29) is 22.3 Å². The van der Waals surface area contributed by atoms with Crippen LogP contribution in [0.25, 0.3) is 16.6 Å². The third-order valence-corrected chi connectivity index (χ3v) is 4.97. The van der Waals surface area contributed by atoms with Crippen LogP contribution in [-0.4, -0.2) is 22.8 Å². The predicted molar refractivity (Wildman–Crippen MR) is 115 cm³/mol. The maximum atomic E-state index is 13.5. The van der Waals surface area contributed by atoms with Gasteiger partial charge in [0.25, 0.3) is 0 Å². The summed E-state index contributed by atoms with van der Waals surface area (Å²) in [6.45, 7) is 0. The molecule has 0 saturated carbocycles. The summed E-state index contributed by atoms with van der Waals surface area (Å²) in [6, 6.07) is 15.3. The van der Waals surface area contributed by atoms with Gasteiger partial charge in [0.1, 0.15) is 17.1 Å². The number of nitrogens with zero attached hydrogens (tertiary/aromatic N) is 1. The average molecular weight is 455 g/mol. The first-order chi connectivity index (χ1) is 15.7. The van der Waals surface area contributed by atoms with Crippen LogP contribution >= 0.6 is 0 Å². The summed E-state index contributed by atoms with van der Waals surface area (Å²) in [5.74, 6) is -0.587. The maximum Gasteiger partial charge on any atom is 0.416 e. The van der Waals surface area contributed by atoms with Crippen LogP contribution in [0.4, 0.5) is 13.2 Å². The Labute approximate surface area is 185 Å². The number of para-hydroxylation sites is 1. The number of alkyl halides is 3. The van der Waals surface area contributed by atoms with Gasteiger partial charge in [0.05, 0.1) is 23.9 Å². The molecule has 3 aromatic carbocycles. The highest BCUT2D eigenvalue weighted by molar-refractivity contribution is 5.93. The highest BCUT2D eigenvalue weighted by Crippen LogP contribution is 2.37. The van der Waals surface area contributed by atoms with Gasteiger partial charge in [-0.1, -0.05) is 12.1 Å². The van der Waals surface area contributed by atoms with Gasteiger partial charge in [0.15, 0.2) is 5.75 Å². The molecule has 4 aromatic rings. The molecule has 0 aliphatic carbocycles. The molecule has 1 heterocycles. The van der Waals surface area contributed by atoms with Crippen molar-refractivity contribution in [1.29, 1.82) is 0 Å². The van der Waals surface area contributed by atoms with Crippen LogP contribution in [0.1, 0.15) is 15.9 Å². The number of halogens is 3. The van der Waals surface area contributed by atoms with Gasteiger partial charge in [0, 0.05) is 11.6 Å². The Morgan fingerprint density at radius 3 is 2.27 bits per heavy atom. The van der Waals surface area contributed by atoms with Crippen LogP contribution in [0, 0.1) is 0 Å². The Balaban J connectivity index is 1.98. The lowest BCUT2D eigenvalue weighted by Crippen LogP contribution is -2.18. The van der Waals surface area contributed by atoms with E-state index in [1.165, 1.54) is 23.8 Å². The molecular weight excluding hydrogens is 439 g/mol. The highest BCUT2D eigenvalue weighted by atomic mass is 19.4. The SMILES string of the molecule is COc1ccc(Oc2ccc(C(F)(F)F)cc2-n2cc(C(=O)O)c(=O)c3ccccc32)cc1. The van der Waals surface area contributed by atoms with Crippen LogP contribution < -0.4 is 14.9 Å². The number of benzene rings is 3. The lowest BCUT2D eigenvalue weighted by atomic mass is 10.1. The maximum absolute atomic E-state index is 13.5. The van der Waals surface area contributed by atoms with Crippen LogP contribution in [0.2, 0.25) is 0 Å². The largest absolute Gasteiger partial charge is 0.497 e. The fourth-order valence-electron chi connectivity index (χ4n) is 3.37. The monoisotopic (exact) mass is 455 g/mol. The van der Waals surface area contributed by atoms with Crippen molar-refractivity contribution >= 4 is 16.9 Å². The van der Waals surface area contributed by atoms with E-state index < -0.39 is 28.7 Å². The van der Waals surface area contributed by atoms with Crippen molar-refractivity contribution in [2.45, 2.75) is 6.18 Å². The molecule has 1 aromatic heterocycles. The molecule has 33 heavy (non-hydrogen) atoms. The number of pyridine rings is 1. The minimum Gasteiger partial charge on any atom is -0.497 e. The Morgan fingerprint density at radius 2 is 1.64 bits per heavy atom. The van der Waals surface area contributed by atoms with E-state index in [2.05, 4.69) is 0 Å². The molecule has 0 aliphatic rings. The summed E-state index contributed by atoms with van der Waals surface area (Å²) in [4.78, 5) is 24.3. The summed E-state index contributed by atoms with van der Waals surface area (Å²) in [5, 5.41) is 9.54. The van der Waals surface area contributed by atoms with E-state index >= 15 is 0 Å². The molecule has 1 N–H and O–H groups in total. The molecule has 9 heteroatoms. The molecular formula is C24H16F3NO5. The van der Waals surface area contributed by atoms with Crippen molar-refractivity contribution in [3.8, 4) is 22.9 Å². The molecule has 0 amide bonds. The van der Waals surface area contributed by atoms with Gasteiger partial charge in [-0.05, 0) is 54.6 Å². The van der Waals surface area contributed by atoms with E-state index in [9.17, 15) is 27.9 Å². The molecule has 0 unspecified atom stereocenters. The number of rotatable bonds is 5. The predicted octanol–water partition coefficient (Wildman–Crippen LogP) is 5.51. The van der Waals surface area contributed by atoms with Crippen molar-refractivity contribution in [3.05, 3.63) is 94.3 Å². The van der Waals surface area contributed by atoms with Crippen molar-refractivity contribution in [1.82, 2.24) is 4.57 Å². The van der Waals surface area contributed by atoms with Crippen molar-refractivity contribution in [3.63, 3.8) is 0 Å². The van der Waals surface area contributed by atoms with E-state index in [1.807, 2.05) is 0 Å². The fourth-order valence-corrected chi connectivity index (χ4v) is 3.37. The normalized spacial score (nSPS) is 11.4. The molecule has 0 bridgehead atoms. The average Bonchev–Trinajstić information content (AvgIpc) is 2.79. The van der Waals surface area contributed by atoms with Crippen molar-refractivity contribution in [2.75, 3.05) is 7.11 Å². The first kappa shape index (κ1) is 21.9. The van der Waals surface area contributed by atoms with Gasteiger partial charge in [-0.15, -0.1) is 0 Å². The quantitative estimate of drug-likeness (QED) is 0.430. The first-order valence-corrected chi connectivity index (χ1v) is 9.60. The Kier molecular flexibility index (Phi) is 5.55. The number of hydrogen-bond donors (Lipinski definition) is 1. The van der Waals surface area contributed by atoms with Gasteiger partial charge >= 0.3 is 12.1 Å². The molecule has 0 saturated heterocycles. The van der Waals surface area contributed by atoms with Gasteiger partial charge in [-0.3, -0.25) is 4.79 Å². The number of hydrogen-bond acceptors (Lipinski definition) is 4. The zero-order chi connectivity index (χ0) is 23.8. The summed E-state index contributed by atoms with van der Waals surface area (Å²) in [7, 11) is 1.49. The van der Waals surface area contributed by atoms with Gasteiger partial charge in [-0.2, -0.15) is 13.2 Å². The van der Waals surface area contributed by atoms with Crippen molar-refractivity contribution in [2.24, 2.45) is 0 Å². The van der Waals surface area contributed by atoms with Crippen LogP contribution in [-0.2, 0) is 6.18 Å². The van der Waals surface area contributed by atoms with Gasteiger partial charge < -0.3 is 19.1 Å². The topological polar surface area (TPSA) is 77.8 Å². The van der Waals surface area contributed by atoms with E-state index in [1.54, 1.807) is 36.4 Å². The molecule has 4 rings (SSSR count). The van der Waals surface area contributed by atoms with Crippen LogP contribution in [0.15, 0.2) is 77.7 Å². The summed E-state index contributed by atoms with van der Waals surface area (Å²) < 4.78 is 52.7. The van der Waals surface area contributed by atoms with E-state index in [0.29, 0.717) is 11.5 Å². The number of carboxylic acids is 1. The summed E-state index contributed by atoms with van der Waals surface area (Å²) >= 11 is 0. The second-order valence-corrected chi connectivity index (χ2v) is 7.02. The minimum atomic E-state index is -4.65. The Morgan fingerprint density at radius 1 is 0.970 bits per heavy atom. The van der Waals surface area contributed by atoms with Gasteiger partial charge in [-0.25, -0.2) is 4.79 Å². The molecule has 0 spiro atoms. The van der Waals surface area contributed by atoms with Crippen LogP contribution in [0.5, 0.6) is 17.2 Å². The number of methoxy groups -OCH3 is 1. The highest BCUT2D eigenvalue weighted by Gasteiger charge is 2.32. The summed E-state index contributed by atoms with van der Waals surface area (Å²) in [5.41, 5.74) is -2.13. The lowest BCUT2D eigenvalue weighted by molar-refractivity contribution is -0.137. The number of fused-ring (bicyclic) bond motifs is 1. The third-order valence-electron chi connectivity index (χ3n) is 4.97. The lowest BCUT2D eigenvalue weighted by Gasteiger charge is -2.18. The minimum absolute atomic E-state index is 0.0262. The standard InChI is InChI=1S/C24H16F3NO5/c1-32-15-7-9-16(10-8-15)33-21-11-6-14(24(25,26)27)12-20(21)28-13-18(23(30)31)22(29)17-4-2-3-5-19(17)28/h2-13H,1H3,(H,30,31). The number of aromatic nitrogens is 1. The second kappa shape index (κ2) is 8.34. The Bertz CT molecular complexity index is 1410. The molecule has 0 radical (unpaired) electrons. The second-order valence-electron chi connectivity index (χ2n) is 7.02. The molecule has 0 aliphatic heterocycles. The third kappa shape index (κ3) is 4.25. The smallest absolute Gasteiger partial charge is 0.416 e. The van der Waals surface area contributed by atoms with Gasteiger partial charge in [0.2, 0.25) is 5.43 Å². The molecule has 0 atom stereocenters. The molecule has 0 fully saturated rings. The molecule has 6 nitrogen and oxygen atoms in total. The molecule has 168 valence electrons.